The molecule has 0 radical (unpaired) electrons. The third-order valence-corrected chi connectivity index (χ3v) is 5.39. The molecule has 1 amide bonds. The van der Waals surface area contributed by atoms with Crippen LogP contribution in [0.2, 0.25) is 0 Å². The lowest BCUT2D eigenvalue weighted by atomic mass is 9.48. The van der Waals surface area contributed by atoms with Crippen LogP contribution in [0.1, 0.15) is 104 Å². The first-order valence-electron chi connectivity index (χ1n) is 12.5. The molecule has 0 rings (SSSR count). The molecule has 0 aliphatic carbocycles. The van der Waals surface area contributed by atoms with Crippen LogP contribution in [0.4, 0.5) is 0 Å². The number of rotatable bonds is 18. The van der Waals surface area contributed by atoms with Gasteiger partial charge < -0.3 is 9.64 Å². The van der Waals surface area contributed by atoms with Gasteiger partial charge in [0.15, 0.2) is 5.96 Å². The van der Waals surface area contributed by atoms with E-state index in [0.29, 0.717) is 13.0 Å². The van der Waals surface area contributed by atoms with Crippen molar-refractivity contribution in [3.63, 3.8) is 0 Å². The van der Waals surface area contributed by atoms with Gasteiger partial charge in [-0.25, -0.2) is 0 Å². The first kappa shape index (κ1) is 29.6. The highest BCUT2D eigenvalue weighted by molar-refractivity contribution is 6.59. The Morgan fingerprint density at radius 1 is 0.839 bits per heavy atom. The normalized spacial score (nSPS) is 11.2. The minimum atomic E-state index is -0.469. The first-order chi connectivity index (χ1) is 14.7. The number of carbonyl (C=O) groups excluding carboxylic acids is 2. The number of hydrogen-bond acceptors (Lipinski definition) is 4. The molecular weight excluding hydrogens is 387 g/mol. The number of unbranched alkanes of at least 4 members (excludes halogenated alkanes) is 11. The van der Waals surface area contributed by atoms with Gasteiger partial charge >= 0.3 is 5.97 Å². The maximum Gasteiger partial charge on any atom is 0.325 e. The third kappa shape index (κ3) is 16.9. The summed E-state index contributed by atoms with van der Waals surface area (Å²) in [5.41, 5.74) is 0. The number of nitrogens with one attached hydrogen (secondary N) is 2. The quantitative estimate of drug-likeness (QED) is 0.114. The van der Waals surface area contributed by atoms with E-state index in [1.807, 2.05) is 23.5 Å². The van der Waals surface area contributed by atoms with Gasteiger partial charge in [0.05, 0.1) is 6.61 Å². The molecular formula is C22H46B3N3O3. The Morgan fingerprint density at radius 3 is 1.84 bits per heavy atom. The molecule has 31 heavy (non-hydrogen) atoms. The maximum atomic E-state index is 12.2. The number of carbonyl (C=O) groups is 2. The molecule has 0 aliphatic rings. The lowest BCUT2D eigenvalue weighted by Gasteiger charge is -2.37. The van der Waals surface area contributed by atoms with Crippen LogP contribution in [-0.4, -0.2) is 64.7 Å². The van der Waals surface area contributed by atoms with E-state index in [4.69, 9.17) is 10.1 Å². The second-order valence-electron chi connectivity index (χ2n) is 9.51. The Hall–Kier alpha value is -1.40. The van der Waals surface area contributed by atoms with Crippen LogP contribution < -0.4 is 5.32 Å². The second-order valence-corrected chi connectivity index (χ2v) is 9.51. The van der Waals surface area contributed by atoms with Crippen LogP contribution >= 0.6 is 0 Å². The molecule has 0 fully saturated rings. The van der Waals surface area contributed by atoms with Gasteiger partial charge in [0.2, 0.25) is 5.91 Å². The van der Waals surface area contributed by atoms with E-state index < -0.39 is 5.24 Å². The predicted octanol–water partition coefficient (Wildman–Crippen LogP) is 1.89. The number of guanidine groups is 1. The fourth-order valence-corrected chi connectivity index (χ4v) is 3.40. The van der Waals surface area contributed by atoms with E-state index in [-0.39, 0.29) is 24.4 Å². The fraction of sp³-hybridized carbons (Fsp3) is 0.864. The van der Waals surface area contributed by atoms with Crippen LogP contribution in [0, 0.1) is 5.41 Å². The number of hydrogen-bond donors (Lipinski definition) is 2. The molecule has 6 nitrogen and oxygen atoms in total. The number of nitrogens with zero attached hydrogens (tertiary/aromatic N) is 1. The summed E-state index contributed by atoms with van der Waals surface area (Å²) in [7, 11) is 5.76. The van der Waals surface area contributed by atoms with Crippen molar-refractivity contribution in [2.75, 3.05) is 13.2 Å². The minimum absolute atomic E-state index is 0.0306. The van der Waals surface area contributed by atoms with Gasteiger partial charge in [-0.2, -0.15) is 0 Å². The van der Waals surface area contributed by atoms with Crippen molar-refractivity contribution in [1.29, 1.82) is 5.41 Å². The van der Waals surface area contributed by atoms with E-state index in [2.05, 4.69) is 19.2 Å². The van der Waals surface area contributed by atoms with Crippen LogP contribution in [0.5, 0.6) is 0 Å². The van der Waals surface area contributed by atoms with Gasteiger partial charge in [0, 0.05) is 6.42 Å². The summed E-state index contributed by atoms with van der Waals surface area (Å²) in [6.45, 7) is 4.77. The lowest BCUT2D eigenvalue weighted by Crippen LogP contribution is -2.59. The minimum Gasteiger partial charge on any atom is -0.464 e. The highest BCUT2D eigenvalue weighted by atomic mass is 16.5. The van der Waals surface area contributed by atoms with E-state index in [1.165, 1.54) is 44.9 Å². The Bertz CT molecular complexity index is 514. The zero-order valence-electron chi connectivity index (χ0n) is 21.0. The summed E-state index contributed by atoms with van der Waals surface area (Å²) in [5, 5.41) is 10.5. The van der Waals surface area contributed by atoms with Crippen molar-refractivity contribution < 1.29 is 14.3 Å². The van der Waals surface area contributed by atoms with Gasteiger partial charge in [-0.15, -0.1) is 0 Å². The fourth-order valence-electron chi connectivity index (χ4n) is 3.40. The van der Waals surface area contributed by atoms with E-state index in [0.717, 1.165) is 38.5 Å². The molecule has 0 atom stereocenters. The summed E-state index contributed by atoms with van der Waals surface area (Å²) < 4.78 is 5.34. The predicted molar refractivity (Wildman–Crippen MR) is 138 cm³/mol. The number of esters is 1. The Labute approximate surface area is 193 Å². The lowest BCUT2D eigenvalue weighted by molar-refractivity contribution is -0.144. The van der Waals surface area contributed by atoms with Crippen molar-refractivity contribution in [2.24, 2.45) is 0 Å². The van der Waals surface area contributed by atoms with Crippen molar-refractivity contribution in [2.45, 2.75) is 109 Å². The van der Waals surface area contributed by atoms with Crippen molar-refractivity contribution in [1.82, 2.24) is 10.2 Å². The third-order valence-electron chi connectivity index (χ3n) is 5.39. The van der Waals surface area contributed by atoms with Gasteiger partial charge in [-0.3, -0.25) is 20.3 Å². The highest BCUT2D eigenvalue weighted by Crippen LogP contribution is 2.10. The molecule has 0 aromatic carbocycles. The van der Waals surface area contributed by atoms with Crippen LogP contribution in [0.3, 0.4) is 0 Å². The SMILES string of the molecule is BC(B)(B)N(CC(=O)OCCCCCCC)C(=N)NC(=O)CCCCCCCCCC. The maximum absolute atomic E-state index is 12.2. The number of ether oxygens (including phenoxy) is 1. The summed E-state index contributed by atoms with van der Waals surface area (Å²) in [6, 6.07) is 0. The van der Waals surface area contributed by atoms with Crippen molar-refractivity contribution >= 4 is 41.4 Å². The van der Waals surface area contributed by atoms with Gasteiger partial charge in [0.25, 0.3) is 0 Å². The molecule has 0 aromatic heterocycles. The molecule has 0 aromatic rings. The summed E-state index contributed by atoms with van der Waals surface area (Å²) in [5.74, 6) is -0.543. The van der Waals surface area contributed by atoms with E-state index >= 15 is 0 Å². The van der Waals surface area contributed by atoms with Crippen LogP contribution in [0.15, 0.2) is 0 Å². The Morgan fingerprint density at radius 2 is 1.32 bits per heavy atom. The smallest absolute Gasteiger partial charge is 0.325 e. The molecule has 0 saturated carbocycles. The Balaban J connectivity index is 4.23. The van der Waals surface area contributed by atoms with E-state index in [1.54, 1.807) is 4.90 Å². The highest BCUT2D eigenvalue weighted by Gasteiger charge is 2.27. The average molecular weight is 433 g/mol. The molecule has 0 spiro atoms. The van der Waals surface area contributed by atoms with Gasteiger partial charge in [0.1, 0.15) is 30.1 Å². The Kier molecular flexibility index (Phi) is 17.4. The second kappa shape index (κ2) is 18.2. The molecule has 0 heterocycles. The van der Waals surface area contributed by atoms with Gasteiger partial charge in [-0.05, 0) is 18.1 Å². The topological polar surface area (TPSA) is 82.5 Å². The first-order valence-corrected chi connectivity index (χ1v) is 12.5. The van der Waals surface area contributed by atoms with Crippen molar-refractivity contribution in [3.05, 3.63) is 0 Å². The zero-order chi connectivity index (χ0) is 23.5. The summed E-state index contributed by atoms with van der Waals surface area (Å²) in [4.78, 5) is 26.1. The zero-order valence-corrected chi connectivity index (χ0v) is 21.0. The molecule has 0 saturated heterocycles. The average Bonchev–Trinajstić information content (AvgIpc) is 2.69. The van der Waals surface area contributed by atoms with E-state index in [9.17, 15) is 9.59 Å². The van der Waals surface area contributed by atoms with Crippen LogP contribution in [-0.2, 0) is 14.3 Å². The molecule has 0 unspecified atom stereocenters. The monoisotopic (exact) mass is 433 g/mol. The summed E-state index contributed by atoms with van der Waals surface area (Å²) >= 11 is 0. The molecule has 176 valence electrons. The molecule has 2 N–H and O–H groups in total. The largest absolute Gasteiger partial charge is 0.464 e. The molecule has 9 heteroatoms. The summed E-state index contributed by atoms with van der Waals surface area (Å²) in [6.07, 6.45) is 15.3. The number of amides is 1. The standard InChI is InChI=1S/C22H46B3N3O3/c1-3-5-7-9-10-11-12-14-16-19(29)27-21(26)28(22(23,24)25)18-20(30)31-17-15-13-8-6-4-2/h3-18,23-25H2,1-2H3,(H2,26,27,29). The molecule has 0 bridgehead atoms. The van der Waals surface area contributed by atoms with Crippen LogP contribution in [0.25, 0.3) is 0 Å². The molecule has 0 aliphatic heterocycles. The van der Waals surface area contributed by atoms with Gasteiger partial charge in [-0.1, -0.05) is 84.5 Å². The van der Waals surface area contributed by atoms with Crippen molar-refractivity contribution in [3.8, 4) is 0 Å².